The van der Waals surface area contributed by atoms with E-state index < -0.39 is 0 Å². The van der Waals surface area contributed by atoms with Gasteiger partial charge in [0.1, 0.15) is 0 Å². The Hall–Kier alpha value is -1.48. The van der Waals surface area contributed by atoms with E-state index in [0.29, 0.717) is 6.67 Å². The van der Waals surface area contributed by atoms with Crippen LogP contribution in [0.1, 0.15) is 31.7 Å². The van der Waals surface area contributed by atoms with E-state index >= 15 is 0 Å². The monoisotopic (exact) mass is 421 g/mol. The molecule has 8 heteroatoms. The van der Waals surface area contributed by atoms with Crippen LogP contribution in [0, 0.1) is 3.95 Å². The number of nitrogens with zero attached hydrogens (tertiary/aromatic N) is 4. The van der Waals surface area contributed by atoms with E-state index in [1.54, 1.807) is 0 Å². The van der Waals surface area contributed by atoms with Crippen molar-refractivity contribution in [2.24, 2.45) is 0 Å². The molecule has 0 aliphatic carbocycles. The molecule has 0 spiro atoms. The highest BCUT2D eigenvalue weighted by atomic mass is 32.1. The molecule has 0 unspecified atom stereocenters. The highest BCUT2D eigenvalue weighted by Gasteiger charge is 2.16. The number of aromatic nitrogens is 2. The Kier molecular flexibility index (Phi) is 8.27. The molecular formula is C20H31N5OS2. The SMILES string of the molecule is CCOCCCNc1nn(CN(C)Cc2ccccc2N2CCCC2)c(=S)s1. The van der Waals surface area contributed by atoms with Gasteiger partial charge < -0.3 is 15.0 Å². The third-order valence-electron chi connectivity index (χ3n) is 4.81. The summed E-state index contributed by atoms with van der Waals surface area (Å²) in [5, 5.41) is 8.87. The average Bonchev–Trinajstić information content (AvgIpc) is 3.32. The summed E-state index contributed by atoms with van der Waals surface area (Å²) in [5.41, 5.74) is 2.73. The second-order valence-corrected chi connectivity index (χ2v) is 8.75. The molecule has 2 aromatic rings. The number of hydrogen-bond acceptors (Lipinski definition) is 7. The average molecular weight is 422 g/mol. The number of anilines is 2. The minimum atomic E-state index is 0.685. The highest BCUT2D eigenvalue weighted by Crippen LogP contribution is 2.25. The minimum absolute atomic E-state index is 0.685. The van der Waals surface area contributed by atoms with Crippen molar-refractivity contribution in [3.63, 3.8) is 0 Å². The quantitative estimate of drug-likeness (QED) is 0.433. The van der Waals surface area contributed by atoms with E-state index in [-0.39, 0.29) is 0 Å². The van der Waals surface area contributed by atoms with E-state index in [0.717, 1.165) is 54.9 Å². The number of rotatable bonds is 11. The van der Waals surface area contributed by atoms with Crippen LogP contribution >= 0.6 is 23.6 Å². The zero-order valence-corrected chi connectivity index (χ0v) is 18.5. The van der Waals surface area contributed by atoms with Gasteiger partial charge in [0.05, 0.1) is 6.67 Å². The van der Waals surface area contributed by atoms with Crippen molar-refractivity contribution in [2.75, 3.05) is 50.1 Å². The van der Waals surface area contributed by atoms with Crippen LogP contribution in [0.5, 0.6) is 0 Å². The molecule has 0 radical (unpaired) electrons. The lowest BCUT2D eigenvalue weighted by Crippen LogP contribution is -2.25. The molecule has 6 nitrogen and oxygen atoms in total. The maximum absolute atomic E-state index is 5.51. The molecule has 2 heterocycles. The maximum Gasteiger partial charge on any atom is 0.204 e. The van der Waals surface area contributed by atoms with Gasteiger partial charge in [-0.25, -0.2) is 4.68 Å². The maximum atomic E-state index is 5.51. The molecule has 1 aliphatic heterocycles. The van der Waals surface area contributed by atoms with Crippen LogP contribution in [0.3, 0.4) is 0 Å². The first kappa shape index (κ1) is 21.2. The van der Waals surface area contributed by atoms with E-state index in [9.17, 15) is 0 Å². The van der Waals surface area contributed by atoms with E-state index in [1.807, 2.05) is 11.6 Å². The Balaban J connectivity index is 1.55. The number of hydrogen-bond donors (Lipinski definition) is 1. The van der Waals surface area contributed by atoms with Crippen molar-refractivity contribution in [2.45, 2.75) is 39.4 Å². The van der Waals surface area contributed by atoms with Crippen LogP contribution in [-0.2, 0) is 18.0 Å². The summed E-state index contributed by atoms with van der Waals surface area (Å²) in [6.07, 6.45) is 3.55. The molecule has 0 bridgehead atoms. The molecule has 1 fully saturated rings. The summed E-state index contributed by atoms with van der Waals surface area (Å²) in [5.74, 6) is 0. The summed E-state index contributed by atoms with van der Waals surface area (Å²) >= 11 is 7.04. The van der Waals surface area contributed by atoms with Crippen LogP contribution in [0.25, 0.3) is 0 Å². The zero-order valence-electron chi connectivity index (χ0n) is 16.9. The third kappa shape index (κ3) is 6.01. The van der Waals surface area contributed by atoms with Crippen molar-refractivity contribution in [3.05, 3.63) is 33.8 Å². The molecule has 1 saturated heterocycles. The van der Waals surface area contributed by atoms with Crippen molar-refractivity contribution in [1.82, 2.24) is 14.7 Å². The smallest absolute Gasteiger partial charge is 0.204 e. The molecule has 1 aromatic heterocycles. The number of para-hydroxylation sites is 1. The first-order valence-electron chi connectivity index (χ1n) is 10.1. The van der Waals surface area contributed by atoms with Gasteiger partial charge in [-0.05, 0) is 57.1 Å². The van der Waals surface area contributed by atoms with Gasteiger partial charge >= 0.3 is 0 Å². The highest BCUT2D eigenvalue weighted by molar-refractivity contribution is 7.73. The lowest BCUT2D eigenvalue weighted by Gasteiger charge is -2.24. The number of ether oxygens (including phenoxy) is 1. The Bertz CT molecular complexity index is 785. The summed E-state index contributed by atoms with van der Waals surface area (Å²) in [6, 6.07) is 8.74. The van der Waals surface area contributed by atoms with Crippen molar-refractivity contribution < 1.29 is 4.74 Å². The minimum Gasteiger partial charge on any atom is -0.382 e. The lowest BCUT2D eigenvalue weighted by atomic mass is 10.1. The summed E-state index contributed by atoms with van der Waals surface area (Å²) in [6.45, 7) is 8.29. The first-order chi connectivity index (χ1) is 13.7. The summed E-state index contributed by atoms with van der Waals surface area (Å²) in [7, 11) is 2.12. The van der Waals surface area contributed by atoms with Gasteiger partial charge in [0.2, 0.25) is 5.13 Å². The van der Waals surface area contributed by atoms with Crippen LogP contribution in [0.4, 0.5) is 10.8 Å². The van der Waals surface area contributed by atoms with Crippen LogP contribution in [0.15, 0.2) is 24.3 Å². The van der Waals surface area contributed by atoms with E-state index in [4.69, 9.17) is 17.0 Å². The number of benzene rings is 1. The van der Waals surface area contributed by atoms with Crippen LogP contribution < -0.4 is 10.2 Å². The second-order valence-electron chi connectivity index (χ2n) is 7.13. The van der Waals surface area contributed by atoms with Crippen LogP contribution in [-0.4, -0.2) is 54.6 Å². The molecular weight excluding hydrogens is 390 g/mol. The molecule has 28 heavy (non-hydrogen) atoms. The van der Waals surface area contributed by atoms with Crippen molar-refractivity contribution in [1.29, 1.82) is 0 Å². The molecule has 0 amide bonds. The summed E-state index contributed by atoms with van der Waals surface area (Å²) in [4.78, 5) is 4.77. The Labute approximate surface area is 177 Å². The lowest BCUT2D eigenvalue weighted by molar-refractivity contribution is 0.147. The van der Waals surface area contributed by atoms with Gasteiger partial charge in [0, 0.05) is 45.1 Å². The Morgan fingerprint density at radius 3 is 2.86 bits per heavy atom. The van der Waals surface area contributed by atoms with Gasteiger partial charge in [-0.1, -0.05) is 29.5 Å². The number of nitrogens with one attached hydrogen (secondary N) is 1. The van der Waals surface area contributed by atoms with Crippen molar-refractivity contribution >= 4 is 34.4 Å². The van der Waals surface area contributed by atoms with Gasteiger partial charge in [-0.2, -0.15) is 0 Å². The molecule has 1 N–H and O–H groups in total. The molecule has 1 aromatic carbocycles. The largest absolute Gasteiger partial charge is 0.382 e. The molecule has 0 saturated carbocycles. The zero-order chi connectivity index (χ0) is 19.8. The topological polar surface area (TPSA) is 45.6 Å². The third-order valence-corrected chi connectivity index (χ3v) is 6.07. The predicted octanol–water partition coefficient (Wildman–Crippen LogP) is 4.20. The van der Waals surface area contributed by atoms with E-state index in [1.165, 1.54) is 35.4 Å². The standard InChI is InChI=1S/C20H31N5OS2/c1-3-26-14-8-11-21-19-22-25(20(27)28-19)16-23(2)15-17-9-4-5-10-18(17)24-12-6-7-13-24/h4-5,9-10H,3,6-8,11-16H2,1-2H3,(H,21,22). The van der Waals surface area contributed by atoms with Gasteiger partial charge in [0.25, 0.3) is 0 Å². The Morgan fingerprint density at radius 1 is 1.29 bits per heavy atom. The van der Waals surface area contributed by atoms with Gasteiger partial charge in [-0.3, -0.25) is 4.90 Å². The molecule has 1 aliphatic rings. The van der Waals surface area contributed by atoms with Crippen molar-refractivity contribution in [3.8, 4) is 0 Å². The fraction of sp³-hybridized carbons (Fsp3) is 0.600. The van der Waals surface area contributed by atoms with Crippen LogP contribution in [0.2, 0.25) is 0 Å². The summed E-state index contributed by atoms with van der Waals surface area (Å²) < 4.78 is 8.07. The van der Waals surface area contributed by atoms with Gasteiger partial charge in [0.15, 0.2) is 3.95 Å². The Morgan fingerprint density at radius 2 is 2.07 bits per heavy atom. The predicted molar refractivity (Wildman–Crippen MR) is 120 cm³/mol. The fourth-order valence-corrected chi connectivity index (χ4v) is 4.48. The second kappa shape index (κ2) is 10.9. The molecule has 154 valence electrons. The molecule has 0 atom stereocenters. The van der Waals surface area contributed by atoms with Gasteiger partial charge in [-0.15, -0.1) is 5.10 Å². The normalized spacial score (nSPS) is 14.2. The van der Waals surface area contributed by atoms with E-state index in [2.05, 4.69) is 51.5 Å². The molecule has 3 rings (SSSR count). The fourth-order valence-electron chi connectivity index (χ4n) is 3.46. The first-order valence-corrected chi connectivity index (χ1v) is 11.3.